The molecule has 6 nitrogen and oxygen atoms in total. The van der Waals surface area contributed by atoms with Crippen LogP contribution in [0.25, 0.3) is 0 Å². The van der Waals surface area contributed by atoms with Gasteiger partial charge in [0.25, 0.3) is 11.8 Å². The Hall–Kier alpha value is -1.93. The van der Waals surface area contributed by atoms with E-state index in [0.717, 1.165) is 4.90 Å². The highest BCUT2D eigenvalue weighted by Crippen LogP contribution is 2.28. The fraction of sp³-hybridized carbons (Fsp3) is 0.176. The van der Waals surface area contributed by atoms with Crippen molar-refractivity contribution in [1.29, 1.82) is 0 Å². The van der Waals surface area contributed by atoms with E-state index in [4.69, 9.17) is 23.2 Å². The molecule has 9 heteroatoms. The van der Waals surface area contributed by atoms with Crippen molar-refractivity contribution in [1.82, 2.24) is 9.62 Å². The lowest BCUT2D eigenvalue weighted by Crippen LogP contribution is -2.27. The highest BCUT2D eigenvalue weighted by atomic mass is 35.5. The highest BCUT2D eigenvalue weighted by Gasteiger charge is 2.34. The summed E-state index contributed by atoms with van der Waals surface area (Å²) in [6, 6.07) is 8.11. The average Bonchev–Trinajstić information content (AvgIpc) is 2.81. The molecule has 2 aromatic rings. The molecule has 1 unspecified atom stereocenters. The first-order valence-electron chi connectivity index (χ1n) is 7.55. The zero-order valence-corrected chi connectivity index (χ0v) is 16.1. The lowest BCUT2D eigenvalue weighted by atomic mass is 10.1. The number of fused-ring (bicyclic) bond motifs is 1. The third-order valence-corrected chi connectivity index (χ3v) is 6.42. The Morgan fingerprint density at radius 2 is 1.62 bits per heavy atom. The largest absolute Gasteiger partial charge is 0.277 e. The second-order valence-electron chi connectivity index (χ2n) is 5.89. The Bertz CT molecular complexity index is 1040. The molecule has 3 rings (SSSR count). The monoisotopic (exact) mass is 412 g/mol. The van der Waals surface area contributed by atoms with Gasteiger partial charge < -0.3 is 0 Å². The second kappa shape index (κ2) is 6.66. The van der Waals surface area contributed by atoms with Crippen molar-refractivity contribution >= 4 is 45.0 Å². The minimum atomic E-state index is -3.92. The van der Waals surface area contributed by atoms with Crippen LogP contribution in [0.2, 0.25) is 10.0 Å². The summed E-state index contributed by atoms with van der Waals surface area (Å²) in [6.45, 7) is 1.66. The standard InChI is InChI=1S/C17H14Cl2N2O4S/c1-9(10-3-6-14(18)15(19)7-10)20-26(24,25)11-4-5-12-13(8-11)17(23)21(2)16(12)22/h3-9,20H,1-2H3. The summed E-state index contributed by atoms with van der Waals surface area (Å²) >= 11 is 11.8. The van der Waals surface area contributed by atoms with E-state index in [1.54, 1.807) is 25.1 Å². The molecule has 0 aromatic heterocycles. The van der Waals surface area contributed by atoms with Crippen LogP contribution in [-0.2, 0) is 10.0 Å². The molecule has 0 radical (unpaired) electrons. The lowest BCUT2D eigenvalue weighted by Gasteiger charge is -2.15. The Morgan fingerprint density at radius 1 is 0.962 bits per heavy atom. The molecule has 136 valence electrons. The third-order valence-electron chi connectivity index (χ3n) is 4.15. The molecule has 1 aliphatic heterocycles. The molecule has 0 saturated carbocycles. The van der Waals surface area contributed by atoms with E-state index < -0.39 is 27.9 Å². The van der Waals surface area contributed by atoms with Gasteiger partial charge in [0.15, 0.2) is 0 Å². The molecule has 2 amide bonds. The summed E-state index contributed by atoms with van der Waals surface area (Å²) in [5, 5.41) is 0.691. The first kappa shape index (κ1) is 18.8. The molecule has 1 N–H and O–H groups in total. The molecular weight excluding hydrogens is 399 g/mol. The molecule has 0 fully saturated rings. The van der Waals surface area contributed by atoms with Crippen molar-refractivity contribution in [3.8, 4) is 0 Å². The summed E-state index contributed by atoms with van der Waals surface area (Å²) < 4.78 is 27.8. The van der Waals surface area contributed by atoms with Gasteiger partial charge in [-0.1, -0.05) is 29.3 Å². The van der Waals surface area contributed by atoms with Crippen LogP contribution in [0.4, 0.5) is 0 Å². The van der Waals surface area contributed by atoms with Crippen LogP contribution in [0.3, 0.4) is 0 Å². The average molecular weight is 413 g/mol. The normalized spacial score (nSPS) is 15.3. The SMILES string of the molecule is CC(NS(=O)(=O)c1ccc2c(c1)C(=O)N(C)C2=O)c1ccc(Cl)c(Cl)c1. The minimum absolute atomic E-state index is 0.0718. The smallest absolute Gasteiger partial charge is 0.261 e. The van der Waals surface area contributed by atoms with E-state index in [1.807, 2.05) is 0 Å². The van der Waals surface area contributed by atoms with Crippen molar-refractivity contribution in [3.05, 3.63) is 63.1 Å². The van der Waals surface area contributed by atoms with Gasteiger partial charge in [-0.2, -0.15) is 0 Å². The Kier molecular flexibility index (Phi) is 4.83. The summed E-state index contributed by atoms with van der Waals surface area (Å²) in [4.78, 5) is 24.8. The van der Waals surface area contributed by atoms with Crippen LogP contribution in [0.5, 0.6) is 0 Å². The number of imide groups is 1. The summed E-state index contributed by atoms with van der Waals surface area (Å²) in [5.41, 5.74) is 0.895. The zero-order valence-electron chi connectivity index (χ0n) is 13.8. The van der Waals surface area contributed by atoms with Gasteiger partial charge in [0.1, 0.15) is 0 Å². The number of nitrogens with one attached hydrogen (secondary N) is 1. The summed E-state index contributed by atoms with van der Waals surface area (Å²) in [5.74, 6) is -0.981. The minimum Gasteiger partial charge on any atom is -0.277 e. The van der Waals surface area contributed by atoms with Crippen molar-refractivity contribution < 1.29 is 18.0 Å². The highest BCUT2D eigenvalue weighted by molar-refractivity contribution is 7.89. The number of carbonyl (C=O) groups is 2. The molecule has 0 saturated heterocycles. The van der Waals surface area contributed by atoms with Crippen LogP contribution in [0, 0.1) is 0 Å². The molecule has 0 spiro atoms. The van der Waals surface area contributed by atoms with Gasteiger partial charge in [-0.3, -0.25) is 14.5 Å². The molecular formula is C17H14Cl2N2O4S. The Morgan fingerprint density at radius 3 is 2.27 bits per heavy atom. The maximum absolute atomic E-state index is 12.7. The quantitative estimate of drug-likeness (QED) is 0.780. The van der Waals surface area contributed by atoms with Crippen molar-refractivity contribution in [2.75, 3.05) is 7.05 Å². The maximum atomic E-state index is 12.7. The molecule has 1 atom stereocenters. The van der Waals surface area contributed by atoms with E-state index >= 15 is 0 Å². The number of carbonyl (C=O) groups excluding carboxylic acids is 2. The number of halogens is 2. The zero-order chi connectivity index (χ0) is 19.2. The van der Waals surface area contributed by atoms with Gasteiger partial charge >= 0.3 is 0 Å². The van der Waals surface area contributed by atoms with Crippen molar-refractivity contribution in [3.63, 3.8) is 0 Å². The first-order chi connectivity index (χ1) is 12.1. The third kappa shape index (κ3) is 3.23. The molecule has 2 aromatic carbocycles. The van der Waals surface area contributed by atoms with Gasteiger partial charge in [-0.25, -0.2) is 13.1 Å². The number of amides is 2. The lowest BCUT2D eigenvalue weighted by molar-refractivity contribution is 0.0693. The Balaban J connectivity index is 1.91. The fourth-order valence-corrected chi connectivity index (χ4v) is 4.22. The second-order valence-corrected chi connectivity index (χ2v) is 8.42. The summed E-state index contributed by atoms with van der Waals surface area (Å²) in [7, 11) is -2.57. The van der Waals surface area contributed by atoms with Crippen LogP contribution < -0.4 is 4.72 Å². The van der Waals surface area contributed by atoms with E-state index in [0.29, 0.717) is 15.6 Å². The first-order valence-corrected chi connectivity index (χ1v) is 9.79. The number of benzene rings is 2. The van der Waals surface area contributed by atoms with Gasteiger partial charge in [0.2, 0.25) is 10.0 Å². The molecule has 0 bridgehead atoms. The van der Waals surface area contributed by atoms with Crippen molar-refractivity contribution in [2.24, 2.45) is 0 Å². The number of hydrogen-bond acceptors (Lipinski definition) is 4. The Labute approximate surface area is 160 Å². The predicted octanol–water partition coefficient (Wildman–Crippen LogP) is 3.26. The molecule has 0 aliphatic carbocycles. The van der Waals surface area contributed by atoms with E-state index in [2.05, 4.69) is 4.72 Å². The van der Waals surface area contributed by atoms with Gasteiger partial charge in [0, 0.05) is 13.1 Å². The molecule has 1 aliphatic rings. The molecule has 1 heterocycles. The van der Waals surface area contributed by atoms with E-state index in [9.17, 15) is 18.0 Å². The van der Waals surface area contributed by atoms with Gasteiger partial charge in [0.05, 0.1) is 26.1 Å². The van der Waals surface area contributed by atoms with Crippen LogP contribution >= 0.6 is 23.2 Å². The van der Waals surface area contributed by atoms with E-state index in [1.165, 1.54) is 25.2 Å². The predicted molar refractivity (Wildman–Crippen MR) is 98.1 cm³/mol. The van der Waals surface area contributed by atoms with Crippen LogP contribution in [0.15, 0.2) is 41.3 Å². The topological polar surface area (TPSA) is 83.6 Å². The van der Waals surface area contributed by atoms with Gasteiger partial charge in [-0.05, 0) is 42.8 Å². The number of rotatable bonds is 4. The van der Waals surface area contributed by atoms with Crippen LogP contribution in [0.1, 0.15) is 39.2 Å². The van der Waals surface area contributed by atoms with Gasteiger partial charge in [-0.15, -0.1) is 0 Å². The maximum Gasteiger partial charge on any atom is 0.261 e. The van der Waals surface area contributed by atoms with Crippen molar-refractivity contribution in [2.45, 2.75) is 17.9 Å². The van der Waals surface area contributed by atoms with Crippen LogP contribution in [-0.4, -0.2) is 32.2 Å². The fourth-order valence-electron chi connectivity index (χ4n) is 2.66. The number of hydrogen-bond donors (Lipinski definition) is 1. The summed E-state index contributed by atoms with van der Waals surface area (Å²) in [6.07, 6.45) is 0. The number of sulfonamides is 1. The number of nitrogens with zero attached hydrogens (tertiary/aromatic N) is 1. The van der Waals surface area contributed by atoms with E-state index in [-0.39, 0.29) is 16.0 Å². The molecule has 26 heavy (non-hydrogen) atoms.